The van der Waals surface area contributed by atoms with Crippen molar-refractivity contribution in [2.45, 2.75) is 26.7 Å². The molecular formula is C12H17NO2S2. The molecular weight excluding hydrogens is 254 g/mol. The average molecular weight is 271 g/mol. The number of hydrogen-bond donors (Lipinski definition) is 1. The molecule has 0 saturated carbocycles. The summed E-state index contributed by atoms with van der Waals surface area (Å²) >= 11 is 1.71. The lowest BCUT2D eigenvalue weighted by Gasteiger charge is -1.95. The first kappa shape index (κ1) is 14.2. The van der Waals surface area contributed by atoms with Crippen LogP contribution in [0.5, 0.6) is 0 Å². The van der Waals surface area contributed by atoms with E-state index in [2.05, 4.69) is 36.5 Å². The highest BCUT2D eigenvalue weighted by Crippen LogP contribution is 2.21. The highest BCUT2D eigenvalue weighted by molar-refractivity contribution is 7.88. The number of thiophene rings is 1. The van der Waals surface area contributed by atoms with Crippen LogP contribution in [0.4, 0.5) is 0 Å². The van der Waals surface area contributed by atoms with Crippen LogP contribution in [0.25, 0.3) is 0 Å². The molecule has 0 fully saturated rings. The highest BCUT2D eigenvalue weighted by Gasteiger charge is 2.01. The van der Waals surface area contributed by atoms with E-state index in [1.165, 1.54) is 10.4 Å². The minimum atomic E-state index is -3.09. The van der Waals surface area contributed by atoms with Crippen molar-refractivity contribution in [3.8, 4) is 11.8 Å². The van der Waals surface area contributed by atoms with Gasteiger partial charge >= 0.3 is 0 Å². The Morgan fingerprint density at radius 3 is 2.71 bits per heavy atom. The molecule has 3 nitrogen and oxygen atoms in total. The summed E-state index contributed by atoms with van der Waals surface area (Å²) in [6, 6.07) is 2.08. The number of aryl methyl sites for hydroxylation is 2. The van der Waals surface area contributed by atoms with Gasteiger partial charge in [0.2, 0.25) is 10.0 Å². The lowest BCUT2D eigenvalue weighted by Crippen LogP contribution is -2.22. The zero-order chi connectivity index (χ0) is 12.9. The van der Waals surface area contributed by atoms with Gasteiger partial charge in [-0.25, -0.2) is 13.1 Å². The summed E-state index contributed by atoms with van der Waals surface area (Å²) in [4.78, 5) is 2.42. The maximum atomic E-state index is 10.8. The van der Waals surface area contributed by atoms with Crippen molar-refractivity contribution in [2.75, 3.05) is 12.8 Å². The van der Waals surface area contributed by atoms with Gasteiger partial charge in [0.25, 0.3) is 0 Å². The molecule has 0 aliphatic rings. The summed E-state index contributed by atoms with van der Waals surface area (Å²) in [5.41, 5.74) is 1.29. The Balaban J connectivity index is 2.49. The first-order valence-electron chi connectivity index (χ1n) is 5.45. The van der Waals surface area contributed by atoms with Crippen molar-refractivity contribution in [3.05, 3.63) is 21.4 Å². The molecule has 0 bridgehead atoms. The van der Waals surface area contributed by atoms with Crippen LogP contribution in [-0.2, 0) is 16.4 Å². The molecule has 0 saturated heterocycles. The van der Waals surface area contributed by atoms with Gasteiger partial charge in [0.15, 0.2) is 0 Å². The predicted octanol–water partition coefficient (Wildman–Crippen LogP) is 1.91. The Morgan fingerprint density at radius 1 is 1.47 bits per heavy atom. The van der Waals surface area contributed by atoms with E-state index in [9.17, 15) is 8.42 Å². The van der Waals surface area contributed by atoms with Gasteiger partial charge in [0.05, 0.1) is 11.1 Å². The van der Waals surface area contributed by atoms with E-state index < -0.39 is 10.0 Å². The summed E-state index contributed by atoms with van der Waals surface area (Å²) < 4.78 is 24.0. The number of nitrogens with one attached hydrogen (secondary N) is 1. The SMILES string of the molecule is CCc1sc(C#CCCNS(C)(=O)=O)cc1C. The zero-order valence-corrected chi connectivity index (χ0v) is 12.0. The number of rotatable bonds is 4. The smallest absolute Gasteiger partial charge is 0.208 e. The molecule has 0 aliphatic heterocycles. The molecule has 1 rings (SSSR count). The maximum absolute atomic E-state index is 10.8. The van der Waals surface area contributed by atoms with Crippen LogP contribution < -0.4 is 4.72 Å². The minimum Gasteiger partial charge on any atom is -0.215 e. The van der Waals surface area contributed by atoms with Crippen LogP contribution in [0.2, 0.25) is 0 Å². The second kappa shape index (κ2) is 6.20. The molecule has 0 amide bonds. The van der Waals surface area contributed by atoms with E-state index in [0.29, 0.717) is 13.0 Å². The number of sulfonamides is 1. The monoisotopic (exact) mass is 271 g/mol. The predicted molar refractivity (Wildman–Crippen MR) is 72.8 cm³/mol. The van der Waals surface area contributed by atoms with Crippen LogP contribution in [0.1, 0.15) is 28.7 Å². The minimum absolute atomic E-state index is 0.372. The standard InChI is InChI=1S/C12H17NO2S2/c1-4-12-10(2)9-11(16-12)7-5-6-8-13-17(3,14)15/h9,13H,4,6,8H2,1-3H3. The molecule has 94 valence electrons. The van der Waals surface area contributed by atoms with Crippen molar-refractivity contribution >= 4 is 21.4 Å². The lowest BCUT2D eigenvalue weighted by atomic mass is 10.2. The fourth-order valence-electron chi connectivity index (χ4n) is 1.38. The Morgan fingerprint density at radius 2 is 2.18 bits per heavy atom. The van der Waals surface area contributed by atoms with Gasteiger partial charge < -0.3 is 0 Å². The van der Waals surface area contributed by atoms with Crippen molar-refractivity contribution in [1.29, 1.82) is 0 Å². The third-order valence-corrected chi connectivity index (χ3v) is 4.19. The third-order valence-electron chi connectivity index (χ3n) is 2.17. The first-order chi connectivity index (χ1) is 7.92. The fourth-order valence-corrected chi connectivity index (χ4v) is 2.84. The van der Waals surface area contributed by atoms with E-state index in [4.69, 9.17) is 0 Å². The fraction of sp³-hybridized carbons (Fsp3) is 0.500. The second-order valence-corrected chi connectivity index (χ2v) is 6.76. The van der Waals surface area contributed by atoms with Crippen molar-refractivity contribution in [1.82, 2.24) is 4.72 Å². The van der Waals surface area contributed by atoms with E-state index in [1.54, 1.807) is 11.3 Å². The average Bonchev–Trinajstić information content (AvgIpc) is 2.57. The summed E-state index contributed by atoms with van der Waals surface area (Å²) in [6.45, 7) is 4.59. The van der Waals surface area contributed by atoms with Crippen LogP contribution in [0.3, 0.4) is 0 Å². The Labute approximate surface area is 107 Å². The highest BCUT2D eigenvalue weighted by atomic mass is 32.2. The van der Waals surface area contributed by atoms with Gasteiger partial charge in [0, 0.05) is 17.8 Å². The molecule has 0 unspecified atom stereocenters. The normalized spacial score (nSPS) is 11.0. The van der Waals surface area contributed by atoms with E-state index in [1.807, 2.05) is 0 Å². The Hall–Kier alpha value is -0.830. The van der Waals surface area contributed by atoms with Gasteiger partial charge in [-0.1, -0.05) is 18.8 Å². The lowest BCUT2D eigenvalue weighted by molar-refractivity contribution is 0.588. The molecule has 0 radical (unpaired) electrons. The molecule has 0 spiro atoms. The first-order valence-corrected chi connectivity index (χ1v) is 8.16. The van der Waals surface area contributed by atoms with Gasteiger partial charge in [-0.15, -0.1) is 11.3 Å². The number of hydrogen-bond acceptors (Lipinski definition) is 3. The van der Waals surface area contributed by atoms with Crippen LogP contribution in [0.15, 0.2) is 6.07 Å². The zero-order valence-electron chi connectivity index (χ0n) is 10.3. The van der Waals surface area contributed by atoms with E-state index in [-0.39, 0.29) is 0 Å². The summed E-state index contributed by atoms with van der Waals surface area (Å²) in [5, 5.41) is 0. The summed E-state index contributed by atoms with van der Waals surface area (Å²) in [5.74, 6) is 6.03. The Bertz CT molecular complexity index is 533. The molecule has 1 N–H and O–H groups in total. The summed E-state index contributed by atoms with van der Waals surface area (Å²) in [7, 11) is -3.09. The molecule has 1 aromatic rings. The van der Waals surface area contributed by atoms with Crippen molar-refractivity contribution in [2.24, 2.45) is 0 Å². The molecule has 1 aromatic heterocycles. The van der Waals surface area contributed by atoms with Gasteiger partial charge in [-0.05, 0) is 25.0 Å². The molecule has 0 atom stereocenters. The van der Waals surface area contributed by atoms with Crippen LogP contribution in [-0.4, -0.2) is 21.2 Å². The topological polar surface area (TPSA) is 46.2 Å². The second-order valence-electron chi connectivity index (χ2n) is 3.79. The van der Waals surface area contributed by atoms with Crippen LogP contribution >= 0.6 is 11.3 Å². The molecule has 1 heterocycles. The van der Waals surface area contributed by atoms with Crippen LogP contribution in [0, 0.1) is 18.8 Å². The van der Waals surface area contributed by atoms with Crippen molar-refractivity contribution in [3.63, 3.8) is 0 Å². The van der Waals surface area contributed by atoms with E-state index in [0.717, 1.165) is 17.6 Å². The molecule has 0 aromatic carbocycles. The summed E-state index contributed by atoms with van der Waals surface area (Å²) in [6.07, 6.45) is 2.72. The molecule has 17 heavy (non-hydrogen) atoms. The van der Waals surface area contributed by atoms with E-state index >= 15 is 0 Å². The van der Waals surface area contributed by atoms with Crippen molar-refractivity contribution < 1.29 is 8.42 Å². The van der Waals surface area contributed by atoms with Gasteiger partial charge in [-0.2, -0.15) is 0 Å². The Kier molecular flexibility index (Phi) is 5.19. The molecule has 0 aliphatic carbocycles. The third kappa shape index (κ3) is 5.35. The van der Waals surface area contributed by atoms with Gasteiger partial charge in [0.1, 0.15) is 0 Å². The van der Waals surface area contributed by atoms with Gasteiger partial charge in [-0.3, -0.25) is 0 Å². The quantitative estimate of drug-likeness (QED) is 0.671. The maximum Gasteiger partial charge on any atom is 0.208 e. The molecule has 5 heteroatoms. The largest absolute Gasteiger partial charge is 0.215 e.